The quantitative estimate of drug-likeness (QED) is 0.518. The molecule has 0 fully saturated rings. The summed E-state index contributed by atoms with van der Waals surface area (Å²) in [6.07, 6.45) is 0.870. The number of fused-ring (bicyclic) bond motifs is 1. The van der Waals surface area contributed by atoms with Crippen LogP contribution in [0.15, 0.2) is 58.5 Å². The molecule has 0 aliphatic rings. The Kier molecular flexibility index (Phi) is 5.96. The lowest BCUT2D eigenvalue weighted by atomic mass is 10.2. The largest absolute Gasteiger partial charge is 0.355 e. The molecule has 0 spiro atoms. The maximum Gasteiger partial charge on any atom is 0.266 e. The van der Waals surface area contributed by atoms with Gasteiger partial charge >= 0.3 is 0 Å². The van der Waals surface area contributed by atoms with Crippen LogP contribution in [0.4, 0.5) is 0 Å². The van der Waals surface area contributed by atoms with Gasteiger partial charge in [-0.25, -0.2) is 4.98 Å². The van der Waals surface area contributed by atoms with Gasteiger partial charge in [0.05, 0.1) is 27.4 Å². The molecular formula is C19H18ClN3O2S. The molecular weight excluding hydrogens is 370 g/mol. The van der Waals surface area contributed by atoms with Gasteiger partial charge in [-0.1, -0.05) is 54.6 Å². The summed E-state index contributed by atoms with van der Waals surface area (Å²) in [6.45, 7) is 2.62. The molecule has 26 heavy (non-hydrogen) atoms. The van der Waals surface area contributed by atoms with Crippen LogP contribution in [0.2, 0.25) is 5.02 Å². The Labute approximate surface area is 160 Å². The van der Waals surface area contributed by atoms with Gasteiger partial charge in [0.25, 0.3) is 5.56 Å². The second kappa shape index (κ2) is 8.38. The third-order valence-electron chi connectivity index (χ3n) is 3.74. The van der Waals surface area contributed by atoms with E-state index in [-0.39, 0.29) is 17.2 Å². The number of para-hydroxylation sites is 2. The minimum atomic E-state index is -0.208. The Morgan fingerprint density at radius 3 is 2.69 bits per heavy atom. The predicted octanol–water partition coefficient (Wildman–Crippen LogP) is 3.66. The number of hydrogen-bond acceptors (Lipinski definition) is 4. The number of benzene rings is 2. The minimum Gasteiger partial charge on any atom is -0.355 e. The zero-order valence-electron chi connectivity index (χ0n) is 14.2. The maximum atomic E-state index is 13.1. The third-order valence-corrected chi connectivity index (χ3v) is 5.00. The molecule has 1 heterocycles. The molecule has 3 rings (SSSR count). The van der Waals surface area contributed by atoms with Crippen LogP contribution in [0.5, 0.6) is 0 Å². The van der Waals surface area contributed by atoms with Crippen LogP contribution in [-0.4, -0.2) is 27.8 Å². The van der Waals surface area contributed by atoms with Crippen LogP contribution < -0.4 is 10.9 Å². The van der Waals surface area contributed by atoms with Crippen LogP contribution in [0.25, 0.3) is 16.6 Å². The van der Waals surface area contributed by atoms with Gasteiger partial charge in [-0.15, -0.1) is 0 Å². The Morgan fingerprint density at radius 2 is 1.92 bits per heavy atom. The lowest BCUT2D eigenvalue weighted by Crippen LogP contribution is -2.27. The molecule has 134 valence electrons. The van der Waals surface area contributed by atoms with Gasteiger partial charge in [0.1, 0.15) is 0 Å². The van der Waals surface area contributed by atoms with Gasteiger partial charge in [0.2, 0.25) is 5.91 Å². The summed E-state index contributed by atoms with van der Waals surface area (Å²) in [7, 11) is 0. The van der Waals surface area contributed by atoms with E-state index in [0.717, 1.165) is 6.42 Å². The minimum absolute atomic E-state index is 0.0926. The van der Waals surface area contributed by atoms with Crippen molar-refractivity contribution in [2.45, 2.75) is 18.5 Å². The van der Waals surface area contributed by atoms with E-state index < -0.39 is 0 Å². The molecule has 0 unspecified atom stereocenters. The molecule has 0 atom stereocenters. The SMILES string of the molecule is CCCNC(=O)CSc1nc2ccccc2c(=O)n1-c1ccccc1Cl. The highest BCUT2D eigenvalue weighted by Gasteiger charge is 2.16. The van der Waals surface area contributed by atoms with Gasteiger partial charge in [-0.05, 0) is 30.7 Å². The Bertz CT molecular complexity index is 1000. The first-order valence-corrected chi connectivity index (χ1v) is 9.64. The lowest BCUT2D eigenvalue weighted by Gasteiger charge is -2.14. The smallest absolute Gasteiger partial charge is 0.266 e. The fraction of sp³-hybridized carbons (Fsp3) is 0.211. The van der Waals surface area contributed by atoms with Crippen molar-refractivity contribution in [2.75, 3.05) is 12.3 Å². The average Bonchev–Trinajstić information content (AvgIpc) is 2.66. The van der Waals surface area contributed by atoms with Crippen LogP contribution in [0, 0.1) is 0 Å². The van der Waals surface area contributed by atoms with E-state index in [0.29, 0.717) is 33.3 Å². The van der Waals surface area contributed by atoms with Crippen LogP contribution in [0.3, 0.4) is 0 Å². The average molecular weight is 388 g/mol. The first-order chi connectivity index (χ1) is 12.6. The van der Waals surface area contributed by atoms with Gasteiger partial charge < -0.3 is 5.32 Å². The van der Waals surface area contributed by atoms with E-state index in [1.165, 1.54) is 16.3 Å². The number of nitrogens with one attached hydrogen (secondary N) is 1. The second-order valence-electron chi connectivity index (χ2n) is 5.64. The van der Waals surface area contributed by atoms with Crippen molar-refractivity contribution >= 4 is 40.2 Å². The lowest BCUT2D eigenvalue weighted by molar-refractivity contribution is -0.118. The van der Waals surface area contributed by atoms with E-state index in [1.807, 2.05) is 19.1 Å². The summed E-state index contributed by atoms with van der Waals surface area (Å²) in [4.78, 5) is 29.6. The molecule has 0 radical (unpaired) electrons. The molecule has 0 bridgehead atoms. The number of aromatic nitrogens is 2. The number of amides is 1. The predicted molar refractivity (Wildman–Crippen MR) is 106 cm³/mol. The number of thioether (sulfide) groups is 1. The van der Waals surface area contributed by atoms with Gasteiger partial charge in [0, 0.05) is 6.54 Å². The highest BCUT2D eigenvalue weighted by Crippen LogP contribution is 2.25. The third kappa shape index (κ3) is 3.92. The van der Waals surface area contributed by atoms with Crippen LogP contribution >= 0.6 is 23.4 Å². The number of hydrogen-bond donors (Lipinski definition) is 1. The molecule has 1 amide bonds. The summed E-state index contributed by atoms with van der Waals surface area (Å²) in [5.41, 5.74) is 0.936. The number of carbonyl (C=O) groups is 1. The van der Waals surface area contributed by atoms with Gasteiger partial charge in [-0.2, -0.15) is 0 Å². The topological polar surface area (TPSA) is 64.0 Å². The van der Waals surface area contributed by atoms with Crippen molar-refractivity contribution in [3.05, 3.63) is 63.9 Å². The van der Waals surface area contributed by atoms with E-state index >= 15 is 0 Å². The summed E-state index contributed by atoms with van der Waals surface area (Å²) in [5, 5.41) is 4.22. The molecule has 0 aliphatic carbocycles. The fourth-order valence-electron chi connectivity index (χ4n) is 2.50. The second-order valence-corrected chi connectivity index (χ2v) is 6.99. The Hall–Kier alpha value is -2.31. The number of carbonyl (C=O) groups excluding carboxylic acids is 1. The summed E-state index contributed by atoms with van der Waals surface area (Å²) >= 11 is 7.53. The number of rotatable bonds is 6. The van der Waals surface area contributed by atoms with Crippen molar-refractivity contribution in [1.82, 2.24) is 14.9 Å². The van der Waals surface area contributed by atoms with Gasteiger partial charge in [-0.3, -0.25) is 14.2 Å². The Morgan fingerprint density at radius 1 is 1.19 bits per heavy atom. The van der Waals surface area contributed by atoms with E-state index in [2.05, 4.69) is 10.3 Å². The monoisotopic (exact) mass is 387 g/mol. The molecule has 5 nitrogen and oxygen atoms in total. The summed E-state index contributed by atoms with van der Waals surface area (Å²) < 4.78 is 1.47. The highest BCUT2D eigenvalue weighted by molar-refractivity contribution is 7.99. The normalized spacial score (nSPS) is 10.8. The molecule has 7 heteroatoms. The zero-order valence-corrected chi connectivity index (χ0v) is 15.8. The zero-order chi connectivity index (χ0) is 18.5. The molecule has 0 saturated heterocycles. The molecule has 1 N–H and O–H groups in total. The van der Waals surface area contributed by atoms with Crippen molar-refractivity contribution in [3.8, 4) is 5.69 Å². The van der Waals surface area contributed by atoms with Crippen LogP contribution in [-0.2, 0) is 4.79 Å². The molecule has 0 saturated carbocycles. The fourth-order valence-corrected chi connectivity index (χ4v) is 3.56. The van der Waals surface area contributed by atoms with Crippen molar-refractivity contribution in [1.29, 1.82) is 0 Å². The molecule has 0 aliphatic heterocycles. The van der Waals surface area contributed by atoms with Crippen molar-refractivity contribution in [3.63, 3.8) is 0 Å². The highest BCUT2D eigenvalue weighted by atomic mass is 35.5. The first kappa shape index (κ1) is 18.5. The number of nitrogens with zero attached hydrogens (tertiary/aromatic N) is 2. The summed E-state index contributed by atoms with van der Waals surface area (Å²) in [6, 6.07) is 14.3. The van der Waals surface area contributed by atoms with E-state index in [9.17, 15) is 9.59 Å². The van der Waals surface area contributed by atoms with E-state index in [1.54, 1.807) is 36.4 Å². The molecule has 3 aromatic rings. The van der Waals surface area contributed by atoms with Crippen molar-refractivity contribution < 1.29 is 4.79 Å². The Balaban J connectivity index is 2.08. The maximum absolute atomic E-state index is 13.1. The van der Waals surface area contributed by atoms with Gasteiger partial charge in [0.15, 0.2) is 5.16 Å². The molecule has 2 aromatic carbocycles. The van der Waals surface area contributed by atoms with Crippen LogP contribution in [0.1, 0.15) is 13.3 Å². The van der Waals surface area contributed by atoms with Crippen molar-refractivity contribution in [2.24, 2.45) is 0 Å². The standard InChI is InChI=1S/C19H18ClN3O2S/c1-2-11-21-17(24)12-26-19-22-15-9-5-3-7-13(15)18(25)23(19)16-10-6-4-8-14(16)20/h3-10H,2,11-12H2,1H3,(H,21,24). The van der Waals surface area contributed by atoms with E-state index in [4.69, 9.17) is 11.6 Å². The summed E-state index contributed by atoms with van der Waals surface area (Å²) in [5.74, 6) is 0.0832. The number of halogens is 1. The molecule has 1 aromatic heterocycles. The first-order valence-electron chi connectivity index (χ1n) is 8.28.